The van der Waals surface area contributed by atoms with Crippen molar-refractivity contribution in [3.8, 4) is 0 Å². The SMILES string of the molecule is NCc1ccc(NC(=O)NC2CCN3CCCCC23)cc1. The summed E-state index contributed by atoms with van der Waals surface area (Å²) in [4.78, 5) is 14.7. The zero-order valence-corrected chi connectivity index (χ0v) is 12.3. The van der Waals surface area contributed by atoms with Crippen LogP contribution < -0.4 is 16.4 Å². The minimum absolute atomic E-state index is 0.104. The van der Waals surface area contributed by atoms with Crippen molar-refractivity contribution in [1.82, 2.24) is 10.2 Å². The predicted octanol–water partition coefficient (Wildman–Crippen LogP) is 1.89. The van der Waals surface area contributed by atoms with Gasteiger partial charge in [-0.3, -0.25) is 4.90 Å². The van der Waals surface area contributed by atoms with E-state index in [4.69, 9.17) is 5.73 Å². The zero-order valence-electron chi connectivity index (χ0n) is 12.3. The van der Waals surface area contributed by atoms with Gasteiger partial charge in [-0.2, -0.15) is 0 Å². The highest BCUT2D eigenvalue weighted by molar-refractivity contribution is 5.89. The molecule has 5 nitrogen and oxygen atoms in total. The molecule has 0 bridgehead atoms. The third kappa shape index (κ3) is 3.36. The Bertz CT molecular complexity index is 488. The highest BCUT2D eigenvalue weighted by Gasteiger charge is 2.36. The average molecular weight is 288 g/mol. The van der Waals surface area contributed by atoms with E-state index < -0.39 is 0 Å². The summed E-state index contributed by atoms with van der Waals surface area (Å²) in [7, 11) is 0. The number of urea groups is 1. The Kier molecular flexibility index (Phi) is 4.41. The van der Waals surface area contributed by atoms with E-state index >= 15 is 0 Å². The molecule has 0 radical (unpaired) electrons. The third-order valence-electron chi connectivity index (χ3n) is 4.62. The van der Waals surface area contributed by atoms with Gasteiger partial charge < -0.3 is 16.4 Å². The molecule has 2 amide bonds. The smallest absolute Gasteiger partial charge is 0.319 e. The summed E-state index contributed by atoms with van der Waals surface area (Å²) >= 11 is 0. The highest BCUT2D eigenvalue weighted by atomic mass is 16.2. The monoisotopic (exact) mass is 288 g/mol. The van der Waals surface area contributed by atoms with Gasteiger partial charge in [-0.05, 0) is 43.5 Å². The largest absolute Gasteiger partial charge is 0.334 e. The number of amides is 2. The molecule has 2 heterocycles. The molecule has 1 aromatic rings. The van der Waals surface area contributed by atoms with E-state index in [1.807, 2.05) is 24.3 Å². The number of carbonyl (C=O) groups is 1. The van der Waals surface area contributed by atoms with Gasteiger partial charge in [0.1, 0.15) is 0 Å². The second kappa shape index (κ2) is 6.45. The van der Waals surface area contributed by atoms with Crippen molar-refractivity contribution in [2.75, 3.05) is 18.4 Å². The molecule has 0 saturated carbocycles. The number of nitrogens with one attached hydrogen (secondary N) is 2. The standard InChI is InChI=1S/C16H24N4O/c17-11-12-4-6-13(7-5-12)18-16(21)19-14-8-10-20-9-2-1-3-15(14)20/h4-7,14-15H,1-3,8-11,17H2,(H2,18,19,21). The van der Waals surface area contributed by atoms with Gasteiger partial charge in [0, 0.05) is 30.9 Å². The van der Waals surface area contributed by atoms with Gasteiger partial charge >= 0.3 is 6.03 Å². The first-order valence-corrected chi connectivity index (χ1v) is 7.87. The fraction of sp³-hybridized carbons (Fsp3) is 0.562. The summed E-state index contributed by atoms with van der Waals surface area (Å²) in [5, 5.41) is 6.04. The molecule has 1 aromatic carbocycles. The third-order valence-corrected chi connectivity index (χ3v) is 4.62. The maximum absolute atomic E-state index is 12.1. The summed E-state index contributed by atoms with van der Waals surface area (Å²) in [6.45, 7) is 2.82. The Morgan fingerprint density at radius 2 is 2.00 bits per heavy atom. The van der Waals surface area contributed by atoms with Crippen molar-refractivity contribution in [2.24, 2.45) is 5.73 Å². The van der Waals surface area contributed by atoms with Gasteiger partial charge in [-0.1, -0.05) is 18.6 Å². The van der Waals surface area contributed by atoms with Crippen molar-refractivity contribution >= 4 is 11.7 Å². The van der Waals surface area contributed by atoms with Crippen molar-refractivity contribution in [1.29, 1.82) is 0 Å². The van der Waals surface area contributed by atoms with Crippen LogP contribution in [0, 0.1) is 0 Å². The first-order valence-electron chi connectivity index (χ1n) is 7.87. The quantitative estimate of drug-likeness (QED) is 0.795. The lowest BCUT2D eigenvalue weighted by Crippen LogP contribution is -2.47. The molecule has 2 unspecified atom stereocenters. The first kappa shape index (κ1) is 14.4. The Morgan fingerprint density at radius 3 is 2.76 bits per heavy atom. The van der Waals surface area contributed by atoms with Crippen LogP contribution >= 0.6 is 0 Å². The molecule has 0 aromatic heterocycles. The number of nitrogens with zero attached hydrogens (tertiary/aromatic N) is 1. The van der Waals surface area contributed by atoms with Crippen LogP contribution in [0.4, 0.5) is 10.5 Å². The maximum Gasteiger partial charge on any atom is 0.319 e. The van der Waals surface area contributed by atoms with E-state index in [9.17, 15) is 4.79 Å². The number of hydrogen-bond acceptors (Lipinski definition) is 3. The van der Waals surface area contributed by atoms with Crippen LogP contribution in [0.2, 0.25) is 0 Å². The van der Waals surface area contributed by atoms with Crippen LogP contribution in [0.3, 0.4) is 0 Å². The summed E-state index contributed by atoms with van der Waals surface area (Å²) < 4.78 is 0. The second-order valence-electron chi connectivity index (χ2n) is 5.99. The van der Waals surface area contributed by atoms with Gasteiger partial charge in [0.25, 0.3) is 0 Å². The van der Waals surface area contributed by atoms with Crippen molar-refractivity contribution in [3.05, 3.63) is 29.8 Å². The van der Waals surface area contributed by atoms with Crippen LogP contribution in [-0.2, 0) is 6.54 Å². The first-order chi connectivity index (χ1) is 10.3. The number of piperidine rings is 1. The normalized spacial score (nSPS) is 25.4. The van der Waals surface area contributed by atoms with E-state index in [2.05, 4.69) is 15.5 Å². The second-order valence-corrected chi connectivity index (χ2v) is 5.99. The summed E-state index contributed by atoms with van der Waals surface area (Å²) in [6.07, 6.45) is 4.84. The fourth-order valence-corrected chi connectivity index (χ4v) is 3.48. The van der Waals surface area contributed by atoms with Crippen LogP contribution in [0.5, 0.6) is 0 Å². The predicted molar refractivity (Wildman–Crippen MR) is 84.1 cm³/mol. The molecule has 5 heteroatoms. The van der Waals surface area contributed by atoms with E-state index in [0.717, 1.165) is 24.2 Å². The lowest BCUT2D eigenvalue weighted by atomic mass is 9.99. The number of rotatable bonds is 3. The highest BCUT2D eigenvalue weighted by Crippen LogP contribution is 2.27. The molecule has 2 saturated heterocycles. The molecule has 4 N–H and O–H groups in total. The fourth-order valence-electron chi connectivity index (χ4n) is 3.48. The molecule has 0 spiro atoms. The molecule has 0 aliphatic carbocycles. The van der Waals surface area contributed by atoms with E-state index in [1.165, 1.54) is 25.8 Å². The van der Waals surface area contributed by atoms with Crippen LogP contribution in [0.25, 0.3) is 0 Å². The molecule has 2 aliphatic heterocycles. The molecule has 3 rings (SSSR count). The molecule has 2 fully saturated rings. The molecular formula is C16H24N4O. The Morgan fingerprint density at radius 1 is 1.19 bits per heavy atom. The molecule has 21 heavy (non-hydrogen) atoms. The number of nitrogens with two attached hydrogens (primary N) is 1. The average Bonchev–Trinajstić information content (AvgIpc) is 2.91. The lowest BCUT2D eigenvalue weighted by molar-refractivity contribution is 0.180. The Balaban J connectivity index is 1.53. The molecule has 114 valence electrons. The summed E-state index contributed by atoms with van der Waals surface area (Å²) in [6, 6.07) is 8.38. The minimum atomic E-state index is -0.104. The molecule has 2 atom stereocenters. The Hall–Kier alpha value is -1.59. The topological polar surface area (TPSA) is 70.4 Å². The van der Waals surface area contributed by atoms with Gasteiger partial charge in [0.05, 0.1) is 0 Å². The van der Waals surface area contributed by atoms with E-state index in [1.54, 1.807) is 0 Å². The van der Waals surface area contributed by atoms with Crippen LogP contribution in [-0.4, -0.2) is 36.1 Å². The van der Waals surface area contributed by atoms with E-state index in [0.29, 0.717) is 12.6 Å². The molecular weight excluding hydrogens is 264 g/mol. The van der Waals surface area contributed by atoms with Crippen LogP contribution in [0.1, 0.15) is 31.2 Å². The van der Waals surface area contributed by atoms with Gasteiger partial charge in [-0.15, -0.1) is 0 Å². The minimum Gasteiger partial charge on any atom is -0.334 e. The summed E-state index contributed by atoms with van der Waals surface area (Å²) in [5.41, 5.74) is 7.44. The zero-order chi connectivity index (χ0) is 14.7. The maximum atomic E-state index is 12.1. The Labute approximate surface area is 125 Å². The number of benzene rings is 1. The van der Waals surface area contributed by atoms with Crippen LogP contribution in [0.15, 0.2) is 24.3 Å². The van der Waals surface area contributed by atoms with Crippen molar-refractivity contribution in [3.63, 3.8) is 0 Å². The van der Waals surface area contributed by atoms with Gasteiger partial charge in [-0.25, -0.2) is 4.79 Å². The number of carbonyl (C=O) groups excluding carboxylic acids is 1. The number of hydrogen-bond donors (Lipinski definition) is 3. The van der Waals surface area contributed by atoms with Crippen molar-refractivity contribution < 1.29 is 4.79 Å². The van der Waals surface area contributed by atoms with Crippen molar-refractivity contribution in [2.45, 2.75) is 44.3 Å². The van der Waals surface area contributed by atoms with E-state index in [-0.39, 0.29) is 12.1 Å². The summed E-state index contributed by atoms with van der Waals surface area (Å²) in [5.74, 6) is 0. The molecule has 2 aliphatic rings. The van der Waals surface area contributed by atoms with Gasteiger partial charge in [0.2, 0.25) is 0 Å². The van der Waals surface area contributed by atoms with Gasteiger partial charge in [0.15, 0.2) is 0 Å². The number of fused-ring (bicyclic) bond motifs is 1. The number of anilines is 1. The lowest BCUT2D eigenvalue weighted by Gasteiger charge is -2.32.